The molecule has 25 heavy (non-hydrogen) atoms. The molecular weight excluding hydrogens is 379 g/mol. The standard InChI is InChI=1S/C18H14Cl2N2O2S/c1-2-24-13-6-4-12(5-7-13)22-17(23)16(21-18(22)25)10-11-3-8-14(19)15(20)9-11/h3-10H,2H2,1H3,(H,21,25)/b16-10-. The zero-order valence-electron chi connectivity index (χ0n) is 13.3. The number of thiocarbonyl (C=S) groups is 1. The fourth-order valence-electron chi connectivity index (χ4n) is 2.40. The number of ether oxygens (including phenoxy) is 1. The van der Waals surface area contributed by atoms with E-state index >= 15 is 0 Å². The summed E-state index contributed by atoms with van der Waals surface area (Å²) in [6.45, 7) is 2.50. The normalized spacial score (nSPS) is 15.6. The first-order chi connectivity index (χ1) is 12.0. The number of carbonyl (C=O) groups excluding carboxylic acids is 1. The van der Waals surface area contributed by atoms with Crippen LogP contribution in [0.5, 0.6) is 5.75 Å². The Bertz CT molecular complexity index is 866. The van der Waals surface area contributed by atoms with Crippen molar-refractivity contribution in [3.8, 4) is 5.75 Å². The van der Waals surface area contributed by atoms with Crippen molar-refractivity contribution in [1.29, 1.82) is 0 Å². The van der Waals surface area contributed by atoms with Gasteiger partial charge >= 0.3 is 0 Å². The molecule has 1 aliphatic heterocycles. The first-order valence-corrected chi connectivity index (χ1v) is 8.71. The van der Waals surface area contributed by atoms with Crippen molar-refractivity contribution in [2.75, 3.05) is 11.5 Å². The van der Waals surface area contributed by atoms with Crippen LogP contribution in [0, 0.1) is 0 Å². The number of halogens is 2. The van der Waals surface area contributed by atoms with E-state index in [1.54, 1.807) is 48.5 Å². The lowest BCUT2D eigenvalue weighted by Crippen LogP contribution is -2.30. The van der Waals surface area contributed by atoms with Gasteiger partial charge in [0, 0.05) is 0 Å². The van der Waals surface area contributed by atoms with Gasteiger partial charge in [0.2, 0.25) is 0 Å². The van der Waals surface area contributed by atoms with Crippen molar-refractivity contribution in [2.24, 2.45) is 0 Å². The predicted molar refractivity (Wildman–Crippen MR) is 105 cm³/mol. The summed E-state index contributed by atoms with van der Waals surface area (Å²) >= 11 is 17.2. The van der Waals surface area contributed by atoms with Crippen LogP contribution in [-0.4, -0.2) is 17.6 Å². The minimum atomic E-state index is -0.236. The first-order valence-electron chi connectivity index (χ1n) is 7.54. The van der Waals surface area contributed by atoms with E-state index in [4.69, 9.17) is 40.2 Å². The van der Waals surface area contributed by atoms with Crippen LogP contribution in [-0.2, 0) is 4.79 Å². The number of amides is 1. The summed E-state index contributed by atoms with van der Waals surface area (Å²) in [5.41, 5.74) is 1.79. The first kappa shape index (κ1) is 17.7. The summed E-state index contributed by atoms with van der Waals surface area (Å²) < 4.78 is 5.41. The van der Waals surface area contributed by atoms with E-state index in [0.717, 1.165) is 11.3 Å². The number of benzene rings is 2. The minimum Gasteiger partial charge on any atom is -0.494 e. The van der Waals surface area contributed by atoms with E-state index < -0.39 is 0 Å². The van der Waals surface area contributed by atoms with Gasteiger partial charge in [-0.1, -0.05) is 29.3 Å². The number of hydrogen-bond acceptors (Lipinski definition) is 3. The topological polar surface area (TPSA) is 41.6 Å². The van der Waals surface area contributed by atoms with Crippen LogP contribution in [0.4, 0.5) is 5.69 Å². The molecule has 1 fully saturated rings. The zero-order valence-corrected chi connectivity index (χ0v) is 15.6. The molecule has 2 aromatic carbocycles. The van der Waals surface area contributed by atoms with E-state index in [-0.39, 0.29) is 5.91 Å². The van der Waals surface area contributed by atoms with Crippen LogP contribution in [0.3, 0.4) is 0 Å². The monoisotopic (exact) mass is 392 g/mol. The van der Waals surface area contributed by atoms with E-state index in [0.29, 0.717) is 33.1 Å². The van der Waals surface area contributed by atoms with E-state index in [1.165, 1.54) is 4.90 Å². The summed E-state index contributed by atoms with van der Waals surface area (Å²) in [5.74, 6) is 0.503. The Morgan fingerprint density at radius 2 is 1.88 bits per heavy atom. The maximum Gasteiger partial charge on any atom is 0.281 e. The van der Waals surface area contributed by atoms with Crippen LogP contribution in [0.1, 0.15) is 12.5 Å². The Morgan fingerprint density at radius 3 is 2.52 bits per heavy atom. The third kappa shape index (κ3) is 3.79. The molecule has 128 valence electrons. The van der Waals surface area contributed by atoms with E-state index in [9.17, 15) is 4.79 Å². The molecule has 0 atom stereocenters. The molecule has 1 aliphatic rings. The Kier molecular flexibility index (Phi) is 5.27. The van der Waals surface area contributed by atoms with Gasteiger partial charge in [-0.25, -0.2) is 0 Å². The maximum absolute atomic E-state index is 12.7. The highest BCUT2D eigenvalue weighted by atomic mass is 35.5. The van der Waals surface area contributed by atoms with Crippen LogP contribution in [0.2, 0.25) is 10.0 Å². The van der Waals surface area contributed by atoms with Gasteiger partial charge in [-0.15, -0.1) is 0 Å². The van der Waals surface area contributed by atoms with Gasteiger partial charge in [-0.2, -0.15) is 0 Å². The van der Waals surface area contributed by atoms with Crippen molar-refractivity contribution in [1.82, 2.24) is 5.32 Å². The van der Waals surface area contributed by atoms with Gasteiger partial charge in [0.05, 0.1) is 22.3 Å². The van der Waals surface area contributed by atoms with Crippen molar-refractivity contribution in [2.45, 2.75) is 6.92 Å². The summed E-state index contributed by atoms with van der Waals surface area (Å²) in [7, 11) is 0. The van der Waals surface area contributed by atoms with Crippen LogP contribution in [0.15, 0.2) is 48.2 Å². The molecule has 4 nitrogen and oxygen atoms in total. The van der Waals surface area contributed by atoms with Crippen molar-refractivity contribution >= 4 is 58.2 Å². The molecule has 0 bridgehead atoms. The summed E-state index contributed by atoms with van der Waals surface area (Å²) in [6, 6.07) is 12.3. The zero-order chi connectivity index (χ0) is 18.0. The lowest BCUT2D eigenvalue weighted by molar-refractivity contribution is -0.113. The molecule has 0 radical (unpaired) electrons. The van der Waals surface area contributed by atoms with Crippen LogP contribution in [0.25, 0.3) is 6.08 Å². The molecule has 0 aliphatic carbocycles. The molecule has 1 amide bonds. The van der Waals surface area contributed by atoms with Gasteiger partial charge < -0.3 is 10.1 Å². The molecule has 1 heterocycles. The number of rotatable bonds is 4. The summed E-state index contributed by atoms with van der Waals surface area (Å²) in [6.07, 6.45) is 1.69. The fourth-order valence-corrected chi connectivity index (χ4v) is 3.00. The molecule has 0 saturated carbocycles. The SMILES string of the molecule is CCOc1ccc(N2C(=O)/C(=C/c3ccc(Cl)c(Cl)c3)NC2=S)cc1. The van der Waals surface area contributed by atoms with E-state index in [2.05, 4.69) is 5.32 Å². The number of nitrogens with one attached hydrogen (secondary N) is 1. The smallest absolute Gasteiger partial charge is 0.281 e. The van der Waals surface area contributed by atoms with Gasteiger partial charge in [-0.05, 0) is 67.2 Å². The fraction of sp³-hybridized carbons (Fsp3) is 0.111. The molecule has 0 spiro atoms. The Labute approximate surface area is 161 Å². The second-order valence-electron chi connectivity index (χ2n) is 5.23. The lowest BCUT2D eigenvalue weighted by atomic mass is 10.2. The third-order valence-electron chi connectivity index (χ3n) is 3.54. The number of carbonyl (C=O) groups is 1. The van der Waals surface area contributed by atoms with Gasteiger partial charge in [0.1, 0.15) is 11.4 Å². The second-order valence-corrected chi connectivity index (χ2v) is 6.43. The molecule has 1 saturated heterocycles. The molecule has 7 heteroatoms. The van der Waals surface area contributed by atoms with Crippen LogP contribution >= 0.6 is 35.4 Å². The molecule has 0 aromatic heterocycles. The van der Waals surface area contributed by atoms with Crippen molar-refractivity contribution < 1.29 is 9.53 Å². The number of hydrogen-bond donors (Lipinski definition) is 1. The molecule has 0 unspecified atom stereocenters. The average molecular weight is 393 g/mol. The third-order valence-corrected chi connectivity index (χ3v) is 4.56. The minimum absolute atomic E-state index is 0.236. The molecule has 2 aromatic rings. The second kappa shape index (κ2) is 7.44. The quantitative estimate of drug-likeness (QED) is 0.606. The van der Waals surface area contributed by atoms with Crippen molar-refractivity contribution in [3.63, 3.8) is 0 Å². The van der Waals surface area contributed by atoms with Gasteiger partial charge in [0.25, 0.3) is 5.91 Å². The number of anilines is 1. The lowest BCUT2D eigenvalue weighted by Gasteiger charge is -2.14. The molecule has 3 rings (SSSR count). The summed E-state index contributed by atoms with van der Waals surface area (Å²) in [5, 5.41) is 4.14. The largest absolute Gasteiger partial charge is 0.494 e. The predicted octanol–water partition coefficient (Wildman–Crippen LogP) is 4.65. The highest BCUT2D eigenvalue weighted by Crippen LogP contribution is 2.27. The highest BCUT2D eigenvalue weighted by Gasteiger charge is 2.31. The Balaban J connectivity index is 1.86. The van der Waals surface area contributed by atoms with Crippen LogP contribution < -0.4 is 15.0 Å². The molecule has 1 N–H and O–H groups in total. The summed E-state index contributed by atoms with van der Waals surface area (Å²) in [4.78, 5) is 14.1. The van der Waals surface area contributed by atoms with E-state index in [1.807, 2.05) is 6.92 Å². The Hall–Kier alpha value is -2.08. The van der Waals surface area contributed by atoms with Crippen molar-refractivity contribution in [3.05, 3.63) is 63.8 Å². The number of nitrogens with zero attached hydrogens (tertiary/aromatic N) is 1. The van der Waals surface area contributed by atoms with Gasteiger partial charge in [-0.3, -0.25) is 9.69 Å². The average Bonchev–Trinajstić information content (AvgIpc) is 2.86. The van der Waals surface area contributed by atoms with Gasteiger partial charge in [0.15, 0.2) is 5.11 Å². The maximum atomic E-state index is 12.7. The molecular formula is C18H14Cl2N2O2S. The Morgan fingerprint density at radius 1 is 1.16 bits per heavy atom. The highest BCUT2D eigenvalue weighted by molar-refractivity contribution is 7.80.